The Labute approximate surface area is 118 Å². The molecule has 0 spiro atoms. The second-order valence-electron chi connectivity index (χ2n) is 4.41. The molecule has 4 N–H and O–H groups in total. The molecule has 0 bridgehead atoms. The molecule has 0 saturated carbocycles. The number of nitrogens with zero attached hydrogens (tertiary/aromatic N) is 1. The summed E-state index contributed by atoms with van der Waals surface area (Å²) >= 11 is 12.3. The van der Waals surface area contributed by atoms with Crippen molar-refractivity contribution in [3.63, 3.8) is 0 Å². The van der Waals surface area contributed by atoms with Crippen molar-refractivity contribution in [1.29, 1.82) is 0 Å². The van der Waals surface area contributed by atoms with Gasteiger partial charge in [-0.15, -0.1) is 0 Å². The van der Waals surface area contributed by atoms with Crippen LogP contribution >= 0.6 is 23.2 Å². The van der Waals surface area contributed by atoms with E-state index in [0.717, 1.165) is 5.56 Å². The summed E-state index contributed by atoms with van der Waals surface area (Å²) in [6.07, 6.45) is 0. The maximum absolute atomic E-state index is 6.19. The molecule has 0 radical (unpaired) electrons. The van der Waals surface area contributed by atoms with Gasteiger partial charge < -0.3 is 5.32 Å². The van der Waals surface area contributed by atoms with Crippen LogP contribution in [0.4, 0.5) is 5.69 Å². The summed E-state index contributed by atoms with van der Waals surface area (Å²) in [5.74, 6) is 6.30. The van der Waals surface area contributed by atoms with E-state index in [1.807, 2.05) is 13.0 Å². The van der Waals surface area contributed by atoms with Crippen molar-refractivity contribution in [3.05, 3.63) is 27.7 Å². The number of nitrogens with one attached hydrogen (secondary N) is 2. The standard InChI is InChI=1S/C12H18Cl2N4/c1-7(2)6-16-12(18-15)17-11-9(13)5-4-8(3)10(11)14/h4-5,7H,6,15H2,1-3H3,(H2,16,17,18). The topological polar surface area (TPSA) is 62.4 Å². The van der Waals surface area contributed by atoms with Crippen molar-refractivity contribution in [2.24, 2.45) is 16.8 Å². The summed E-state index contributed by atoms with van der Waals surface area (Å²) in [6.45, 7) is 6.72. The van der Waals surface area contributed by atoms with Gasteiger partial charge in [0.25, 0.3) is 0 Å². The van der Waals surface area contributed by atoms with E-state index in [1.165, 1.54) is 0 Å². The molecule has 18 heavy (non-hydrogen) atoms. The maximum atomic E-state index is 6.19. The molecule has 0 aliphatic carbocycles. The lowest BCUT2D eigenvalue weighted by Gasteiger charge is -2.14. The number of rotatable bonds is 3. The summed E-state index contributed by atoms with van der Waals surface area (Å²) in [5.41, 5.74) is 4.05. The van der Waals surface area contributed by atoms with Crippen molar-refractivity contribution >= 4 is 34.8 Å². The van der Waals surface area contributed by atoms with Crippen molar-refractivity contribution in [2.45, 2.75) is 20.8 Å². The fourth-order valence-electron chi connectivity index (χ4n) is 1.28. The first-order valence-electron chi connectivity index (χ1n) is 5.68. The average Bonchev–Trinajstić information content (AvgIpc) is 2.33. The lowest BCUT2D eigenvalue weighted by molar-refractivity contribution is 0.663. The van der Waals surface area contributed by atoms with E-state index >= 15 is 0 Å². The van der Waals surface area contributed by atoms with Gasteiger partial charge in [0.15, 0.2) is 0 Å². The van der Waals surface area contributed by atoms with E-state index in [9.17, 15) is 0 Å². The highest BCUT2D eigenvalue weighted by Gasteiger charge is 2.10. The fourth-order valence-corrected chi connectivity index (χ4v) is 1.75. The van der Waals surface area contributed by atoms with Crippen LogP contribution in [-0.2, 0) is 0 Å². The van der Waals surface area contributed by atoms with Gasteiger partial charge in [-0.3, -0.25) is 10.4 Å². The van der Waals surface area contributed by atoms with Gasteiger partial charge in [0.2, 0.25) is 5.96 Å². The molecule has 0 aliphatic rings. The number of hydrogen-bond donors (Lipinski definition) is 3. The molecular formula is C12H18Cl2N4. The molecule has 0 heterocycles. The molecule has 1 rings (SSSR count). The van der Waals surface area contributed by atoms with Gasteiger partial charge in [0.1, 0.15) is 0 Å². The van der Waals surface area contributed by atoms with Gasteiger partial charge in [-0.2, -0.15) is 0 Å². The van der Waals surface area contributed by atoms with Crippen LogP contribution < -0.4 is 16.6 Å². The second-order valence-corrected chi connectivity index (χ2v) is 5.19. The van der Waals surface area contributed by atoms with Crippen LogP contribution in [0, 0.1) is 12.8 Å². The van der Waals surface area contributed by atoms with E-state index in [2.05, 4.69) is 29.6 Å². The van der Waals surface area contributed by atoms with Gasteiger partial charge in [0, 0.05) is 6.54 Å². The highest BCUT2D eigenvalue weighted by atomic mass is 35.5. The molecule has 0 amide bonds. The highest BCUT2D eigenvalue weighted by Crippen LogP contribution is 2.32. The molecule has 6 heteroatoms. The molecule has 0 saturated heterocycles. The predicted molar refractivity (Wildman–Crippen MR) is 79.3 cm³/mol. The Bertz CT molecular complexity index is 444. The quantitative estimate of drug-likeness (QED) is 0.346. The van der Waals surface area contributed by atoms with E-state index in [1.54, 1.807) is 6.07 Å². The first kappa shape index (κ1) is 15.1. The zero-order valence-corrected chi connectivity index (χ0v) is 12.2. The average molecular weight is 289 g/mol. The molecule has 1 aromatic rings. The number of benzene rings is 1. The molecule has 0 atom stereocenters. The first-order chi connectivity index (χ1) is 8.45. The van der Waals surface area contributed by atoms with Gasteiger partial charge in [0.05, 0.1) is 15.7 Å². The largest absolute Gasteiger partial charge is 0.323 e. The number of anilines is 1. The molecule has 1 aromatic carbocycles. The van der Waals surface area contributed by atoms with E-state index in [4.69, 9.17) is 29.0 Å². The van der Waals surface area contributed by atoms with Gasteiger partial charge >= 0.3 is 0 Å². The lowest BCUT2D eigenvalue weighted by atomic mass is 10.2. The minimum Gasteiger partial charge on any atom is -0.323 e. The smallest absolute Gasteiger partial charge is 0.210 e. The van der Waals surface area contributed by atoms with Crippen LogP contribution in [0.25, 0.3) is 0 Å². The van der Waals surface area contributed by atoms with Crippen LogP contribution in [0.1, 0.15) is 19.4 Å². The fraction of sp³-hybridized carbons (Fsp3) is 0.417. The Kier molecular flexibility index (Phi) is 5.72. The number of hydrazine groups is 1. The third-order valence-corrected chi connectivity index (χ3v) is 3.08. The van der Waals surface area contributed by atoms with Crippen molar-refractivity contribution in [1.82, 2.24) is 5.43 Å². The Hall–Kier alpha value is -0.970. The Morgan fingerprint density at radius 3 is 2.61 bits per heavy atom. The van der Waals surface area contributed by atoms with Crippen molar-refractivity contribution in [2.75, 3.05) is 11.9 Å². The van der Waals surface area contributed by atoms with Crippen molar-refractivity contribution < 1.29 is 0 Å². The zero-order chi connectivity index (χ0) is 13.7. The second kappa shape index (κ2) is 6.83. The van der Waals surface area contributed by atoms with E-state index in [-0.39, 0.29) is 0 Å². The summed E-state index contributed by atoms with van der Waals surface area (Å²) in [4.78, 5) is 4.30. The molecular weight excluding hydrogens is 271 g/mol. The Morgan fingerprint density at radius 2 is 2.06 bits per heavy atom. The zero-order valence-electron chi connectivity index (χ0n) is 10.7. The first-order valence-corrected chi connectivity index (χ1v) is 6.44. The van der Waals surface area contributed by atoms with Crippen molar-refractivity contribution in [3.8, 4) is 0 Å². The van der Waals surface area contributed by atoms with Crippen LogP contribution in [0.15, 0.2) is 17.1 Å². The minimum atomic E-state index is 0.443. The van der Waals surface area contributed by atoms with Crippen LogP contribution in [0.2, 0.25) is 10.0 Å². The SMILES string of the molecule is Cc1ccc(Cl)c(NC(=NCC(C)C)NN)c1Cl. The highest BCUT2D eigenvalue weighted by molar-refractivity contribution is 6.40. The van der Waals surface area contributed by atoms with Gasteiger partial charge in [-0.25, -0.2) is 5.84 Å². The third kappa shape index (κ3) is 4.05. The Balaban J connectivity index is 2.95. The number of guanidine groups is 1. The normalized spacial score (nSPS) is 11.8. The molecule has 100 valence electrons. The minimum absolute atomic E-state index is 0.443. The molecule has 4 nitrogen and oxygen atoms in total. The molecule has 0 aliphatic heterocycles. The van der Waals surface area contributed by atoms with Crippen LogP contribution in [0.5, 0.6) is 0 Å². The number of hydrogen-bond acceptors (Lipinski definition) is 2. The van der Waals surface area contributed by atoms with Crippen LogP contribution in [0.3, 0.4) is 0 Å². The summed E-state index contributed by atoms with van der Waals surface area (Å²) in [5, 5.41) is 4.10. The molecule has 0 fully saturated rings. The predicted octanol–water partition coefficient (Wildman–Crippen LogP) is 3.19. The summed E-state index contributed by atoms with van der Waals surface area (Å²) in [7, 11) is 0. The number of aliphatic imine (C=N–C) groups is 1. The summed E-state index contributed by atoms with van der Waals surface area (Å²) in [6, 6.07) is 3.64. The number of aryl methyl sites for hydroxylation is 1. The summed E-state index contributed by atoms with van der Waals surface area (Å²) < 4.78 is 0. The number of halogens is 2. The van der Waals surface area contributed by atoms with Gasteiger partial charge in [-0.1, -0.05) is 43.1 Å². The van der Waals surface area contributed by atoms with E-state index in [0.29, 0.717) is 34.2 Å². The Morgan fingerprint density at radius 1 is 1.39 bits per heavy atom. The maximum Gasteiger partial charge on any atom is 0.210 e. The van der Waals surface area contributed by atoms with E-state index < -0.39 is 0 Å². The third-order valence-electron chi connectivity index (χ3n) is 2.28. The monoisotopic (exact) mass is 288 g/mol. The van der Waals surface area contributed by atoms with Crippen LogP contribution in [-0.4, -0.2) is 12.5 Å². The number of nitrogens with two attached hydrogens (primary N) is 1. The molecule has 0 unspecified atom stereocenters. The lowest BCUT2D eigenvalue weighted by Crippen LogP contribution is -2.36. The van der Waals surface area contributed by atoms with Gasteiger partial charge in [-0.05, 0) is 24.5 Å². The molecule has 0 aromatic heterocycles.